The van der Waals surface area contributed by atoms with E-state index < -0.39 is 24.9 Å². The van der Waals surface area contributed by atoms with Crippen molar-refractivity contribution >= 4 is 0 Å². The van der Waals surface area contributed by atoms with Crippen molar-refractivity contribution in [3.8, 4) is 0 Å². The monoisotopic (exact) mass is 182 g/mol. The van der Waals surface area contributed by atoms with Crippen molar-refractivity contribution in [2.75, 3.05) is 0 Å². The van der Waals surface area contributed by atoms with Gasteiger partial charge in [0, 0.05) is 0 Å². The van der Waals surface area contributed by atoms with E-state index in [0.29, 0.717) is 0 Å². The Bertz CT molecular complexity index is 126. The Morgan fingerprint density at radius 1 is 0.909 bits per heavy atom. The zero-order valence-electron chi connectivity index (χ0n) is 5.22. The first-order valence-corrected chi connectivity index (χ1v) is 2.36. The van der Waals surface area contributed by atoms with Crippen molar-refractivity contribution in [2.45, 2.75) is 24.9 Å². The third-order valence-electron chi connectivity index (χ3n) is 1.10. The van der Waals surface area contributed by atoms with Gasteiger partial charge in [-0.25, -0.2) is 4.39 Å². The van der Waals surface area contributed by atoms with Crippen LogP contribution in [-0.2, 0) is 0 Å². The van der Waals surface area contributed by atoms with Gasteiger partial charge < -0.3 is 5.11 Å². The maximum absolute atomic E-state index is 12.0. The van der Waals surface area contributed by atoms with Crippen LogP contribution in [0.25, 0.3) is 0 Å². The van der Waals surface area contributed by atoms with Crippen molar-refractivity contribution in [1.29, 1.82) is 0 Å². The van der Waals surface area contributed by atoms with E-state index in [9.17, 15) is 26.3 Å². The van der Waals surface area contributed by atoms with Crippen LogP contribution in [0.2, 0.25) is 0 Å². The van der Waals surface area contributed by atoms with Gasteiger partial charge in [0.2, 0.25) is 0 Å². The van der Waals surface area contributed by atoms with Crippen LogP contribution in [-0.4, -0.2) is 23.1 Å². The number of alkyl halides is 6. The maximum Gasteiger partial charge on any atom is 0.430 e. The third-order valence-corrected chi connectivity index (χ3v) is 1.10. The van der Waals surface area contributed by atoms with Gasteiger partial charge in [0.1, 0.15) is 0 Å². The lowest BCUT2D eigenvalue weighted by atomic mass is 10.1. The average Bonchev–Trinajstić information content (AvgIpc) is 1.58. The molecule has 0 aromatic rings. The van der Waals surface area contributed by atoms with E-state index in [1.54, 1.807) is 0 Å². The summed E-state index contributed by atoms with van der Waals surface area (Å²) in [6, 6.07) is 0. The molecular weight excluding hydrogens is 178 g/mol. The van der Waals surface area contributed by atoms with Crippen LogP contribution in [0.5, 0.6) is 0 Å². The quantitative estimate of drug-likeness (QED) is 0.613. The highest BCUT2D eigenvalue weighted by Gasteiger charge is 2.67. The third kappa shape index (κ3) is 1.76. The van der Waals surface area contributed by atoms with Crippen molar-refractivity contribution < 1.29 is 31.4 Å². The van der Waals surface area contributed by atoms with Crippen molar-refractivity contribution in [3.05, 3.63) is 0 Å². The van der Waals surface area contributed by atoms with Crippen molar-refractivity contribution in [1.82, 2.24) is 0 Å². The molecule has 0 aromatic heterocycles. The second-order valence-electron chi connectivity index (χ2n) is 2.04. The SMILES string of the molecule is C[C@](F)(C(O)(F)F)C(F)(F)F. The van der Waals surface area contributed by atoms with Crippen molar-refractivity contribution in [2.24, 2.45) is 0 Å². The first-order valence-electron chi connectivity index (χ1n) is 2.36. The summed E-state index contributed by atoms with van der Waals surface area (Å²) >= 11 is 0. The molecule has 7 heteroatoms. The molecule has 0 fully saturated rings. The molecule has 0 aliphatic heterocycles. The van der Waals surface area contributed by atoms with Gasteiger partial charge in [0.25, 0.3) is 5.67 Å². The van der Waals surface area contributed by atoms with Gasteiger partial charge >= 0.3 is 12.3 Å². The molecule has 0 aliphatic rings. The van der Waals surface area contributed by atoms with E-state index in [2.05, 4.69) is 0 Å². The Hall–Kier alpha value is -0.460. The summed E-state index contributed by atoms with van der Waals surface area (Å²) in [5.74, 6) is 0. The average molecular weight is 182 g/mol. The minimum Gasteiger partial charge on any atom is -0.334 e. The molecule has 1 atom stereocenters. The Labute approximate surface area is 57.6 Å². The molecule has 0 bridgehead atoms. The molecule has 0 aliphatic carbocycles. The second-order valence-corrected chi connectivity index (χ2v) is 2.04. The lowest BCUT2D eigenvalue weighted by molar-refractivity contribution is -0.362. The first-order chi connectivity index (χ1) is 4.50. The predicted molar refractivity (Wildman–Crippen MR) is 22.7 cm³/mol. The van der Waals surface area contributed by atoms with E-state index in [4.69, 9.17) is 5.11 Å². The Morgan fingerprint density at radius 2 is 1.18 bits per heavy atom. The van der Waals surface area contributed by atoms with Crippen LogP contribution in [0.3, 0.4) is 0 Å². The highest BCUT2D eigenvalue weighted by Crippen LogP contribution is 2.43. The molecule has 0 rings (SSSR count). The fraction of sp³-hybridized carbons (Fsp3) is 1.00. The summed E-state index contributed by atoms with van der Waals surface area (Å²) in [5.41, 5.74) is -4.90. The van der Waals surface area contributed by atoms with Crippen LogP contribution in [0.15, 0.2) is 0 Å². The van der Waals surface area contributed by atoms with E-state index >= 15 is 0 Å². The predicted octanol–water partition coefficient (Wildman–Crippen LogP) is 1.86. The van der Waals surface area contributed by atoms with E-state index in [1.807, 2.05) is 0 Å². The molecule has 0 spiro atoms. The standard InChI is InChI=1S/C4H4F6O/c1-2(5,3(6,7)8)4(9,10)11/h11H,1H3/t2-/m1/s1. The molecule has 0 saturated heterocycles. The summed E-state index contributed by atoms with van der Waals surface area (Å²) in [5, 5.41) is 7.45. The Morgan fingerprint density at radius 3 is 1.18 bits per heavy atom. The lowest BCUT2D eigenvalue weighted by Gasteiger charge is -2.27. The molecule has 1 nitrogen and oxygen atoms in total. The van der Waals surface area contributed by atoms with Gasteiger partial charge in [-0.3, -0.25) is 0 Å². The topological polar surface area (TPSA) is 20.2 Å². The highest BCUT2D eigenvalue weighted by molar-refractivity contribution is 4.89. The van der Waals surface area contributed by atoms with Crippen LogP contribution >= 0.6 is 0 Å². The normalized spacial score (nSPS) is 19.6. The maximum atomic E-state index is 12.0. The zero-order valence-corrected chi connectivity index (χ0v) is 5.22. The fourth-order valence-corrected chi connectivity index (χ4v) is 0.171. The summed E-state index contributed by atoms with van der Waals surface area (Å²) in [7, 11) is 0. The summed E-state index contributed by atoms with van der Waals surface area (Å²) in [6.45, 7) is -0.438. The summed E-state index contributed by atoms with van der Waals surface area (Å²) in [4.78, 5) is 0. The zero-order chi connectivity index (χ0) is 9.50. The van der Waals surface area contributed by atoms with Gasteiger partial charge in [-0.2, -0.15) is 22.0 Å². The van der Waals surface area contributed by atoms with Crippen LogP contribution in [0.1, 0.15) is 6.92 Å². The van der Waals surface area contributed by atoms with Gasteiger partial charge in [0.05, 0.1) is 0 Å². The van der Waals surface area contributed by atoms with Gasteiger partial charge in [0.15, 0.2) is 0 Å². The van der Waals surface area contributed by atoms with Gasteiger partial charge in [-0.1, -0.05) is 0 Å². The lowest BCUT2D eigenvalue weighted by Crippen LogP contribution is -2.52. The largest absolute Gasteiger partial charge is 0.430 e. The van der Waals surface area contributed by atoms with E-state index in [-0.39, 0.29) is 0 Å². The molecule has 0 amide bonds. The van der Waals surface area contributed by atoms with Gasteiger partial charge in [-0.15, -0.1) is 0 Å². The molecule has 68 valence electrons. The summed E-state index contributed by atoms with van der Waals surface area (Å²) < 4.78 is 68.8. The second kappa shape index (κ2) is 2.26. The molecule has 0 aromatic carbocycles. The molecule has 0 unspecified atom stereocenters. The number of aliphatic hydroxyl groups is 1. The minimum absolute atomic E-state index is 0.438. The van der Waals surface area contributed by atoms with Crippen LogP contribution in [0.4, 0.5) is 26.3 Å². The number of halogens is 6. The molecule has 0 saturated carbocycles. The highest BCUT2D eigenvalue weighted by atomic mass is 19.4. The molecule has 1 N–H and O–H groups in total. The van der Waals surface area contributed by atoms with Crippen LogP contribution in [0, 0.1) is 0 Å². The van der Waals surface area contributed by atoms with Gasteiger partial charge in [-0.05, 0) is 6.92 Å². The minimum atomic E-state index is -5.79. The molecule has 0 radical (unpaired) electrons. The fourth-order valence-electron chi connectivity index (χ4n) is 0.171. The molecule has 0 heterocycles. The first kappa shape index (κ1) is 10.5. The summed E-state index contributed by atoms with van der Waals surface area (Å²) in [6.07, 6.45) is -11.2. The van der Waals surface area contributed by atoms with Crippen LogP contribution < -0.4 is 0 Å². The van der Waals surface area contributed by atoms with E-state index in [1.165, 1.54) is 0 Å². The Balaban J connectivity index is 4.75. The molecule has 11 heavy (non-hydrogen) atoms. The number of rotatable bonds is 1. The molecular formula is C4H4F6O. The smallest absolute Gasteiger partial charge is 0.334 e. The Kier molecular flexibility index (Phi) is 2.17. The van der Waals surface area contributed by atoms with Crippen molar-refractivity contribution in [3.63, 3.8) is 0 Å². The van der Waals surface area contributed by atoms with E-state index in [0.717, 1.165) is 0 Å². The number of hydrogen-bond acceptors (Lipinski definition) is 1. The number of hydrogen-bond donors (Lipinski definition) is 1.